The Labute approximate surface area is 166 Å². The standard InChI is InChI=1S/C23H27N3O2/c1-16-2-4-17(5-3-16)18-6-8-20(9-7-18)23(28)26-14-21(15-26)25-12-10-19(11-13-25)22(24)27/h2-9,19,21H,10-15H2,1H3,(H2,24,27). The van der Waals surface area contributed by atoms with Crippen molar-refractivity contribution in [2.24, 2.45) is 11.7 Å². The molecule has 0 aromatic heterocycles. The van der Waals surface area contributed by atoms with Gasteiger partial charge in [-0.15, -0.1) is 0 Å². The largest absolute Gasteiger partial charge is 0.369 e. The van der Waals surface area contributed by atoms with Gasteiger partial charge in [0.2, 0.25) is 5.91 Å². The van der Waals surface area contributed by atoms with Gasteiger partial charge in [0.15, 0.2) is 0 Å². The topological polar surface area (TPSA) is 66.6 Å². The highest BCUT2D eigenvalue weighted by atomic mass is 16.2. The quantitative estimate of drug-likeness (QED) is 0.891. The summed E-state index contributed by atoms with van der Waals surface area (Å²) in [6.45, 7) is 5.39. The Kier molecular flexibility index (Phi) is 5.18. The second-order valence-electron chi connectivity index (χ2n) is 8.02. The van der Waals surface area contributed by atoms with Gasteiger partial charge in [0.1, 0.15) is 0 Å². The van der Waals surface area contributed by atoms with Crippen molar-refractivity contribution in [1.29, 1.82) is 0 Å². The van der Waals surface area contributed by atoms with E-state index in [0.717, 1.165) is 55.7 Å². The molecule has 2 aliphatic heterocycles. The van der Waals surface area contributed by atoms with E-state index in [1.807, 2.05) is 29.2 Å². The van der Waals surface area contributed by atoms with Crippen LogP contribution in [0.3, 0.4) is 0 Å². The second kappa shape index (κ2) is 7.76. The number of amides is 2. The molecule has 2 fully saturated rings. The number of nitrogens with two attached hydrogens (primary N) is 1. The Balaban J connectivity index is 1.31. The maximum atomic E-state index is 12.7. The molecule has 2 saturated heterocycles. The average molecular weight is 377 g/mol. The molecule has 5 heteroatoms. The summed E-state index contributed by atoms with van der Waals surface area (Å²) in [5.74, 6) is -0.0704. The fourth-order valence-electron chi connectivity index (χ4n) is 4.14. The van der Waals surface area contributed by atoms with E-state index >= 15 is 0 Å². The number of rotatable bonds is 4. The molecule has 2 aromatic rings. The lowest BCUT2D eigenvalue weighted by atomic mass is 9.93. The number of primary amides is 1. The van der Waals surface area contributed by atoms with Gasteiger partial charge in [0.05, 0.1) is 0 Å². The van der Waals surface area contributed by atoms with Crippen LogP contribution < -0.4 is 5.73 Å². The van der Waals surface area contributed by atoms with Crippen LogP contribution in [0.15, 0.2) is 48.5 Å². The van der Waals surface area contributed by atoms with Crippen LogP contribution in [-0.4, -0.2) is 53.8 Å². The summed E-state index contributed by atoms with van der Waals surface area (Å²) in [5, 5.41) is 0. The average Bonchev–Trinajstić information content (AvgIpc) is 2.68. The Morgan fingerprint density at radius 2 is 1.43 bits per heavy atom. The highest BCUT2D eigenvalue weighted by Crippen LogP contribution is 2.25. The molecule has 0 saturated carbocycles. The van der Waals surface area contributed by atoms with Gasteiger partial charge in [-0.25, -0.2) is 0 Å². The number of nitrogens with zero attached hydrogens (tertiary/aromatic N) is 2. The first-order chi connectivity index (χ1) is 13.5. The van der Waals surface area contributed by atoms with Crippen LogP contribution in [-0.2, 0) is 4.79 Å². The summed E-state index contributed by atoms with van der Waals surface area (Å²) in [6, 6.07) is 16.7. The lowest BCUT2D eigenvalue weighted by Gasteiger charge is -2.47. The number of likely N-dealkylation sites (tertiary alicyclic amines) is 2. The predicted octanol–water partition coefficient (Wildman–Crippen LogP) is 2.68. The number of hydrogen-bond acceptors (Lipinski definition) is 3. The number of carbonyl (C=O) groups excluding carboxylic acids is 2. The molecule has 4 rings (SSSR count). The molecule has 0 unspecified atom stereocenters. The molecule has 28 heavy (non-hydrogen) atoms. The third kappa shape index (κ3) is 3.80. The molecule has 0 bridgehead atoms. The zero-order valence-electron chi connectivity index (χ0n) is 16.3. The van der Waals surface area contributed by atoms with Crippen LogP contribution in [0.1, 0.15) is 28.8 Å². The first-order valence-corrected chi connectivity index (χ1v) is 10.0. The van der Waals surface area contributed by atoms with E-state index in [4.69, 9.17) is 5.73 Å². The number of aryl methyl sites for hydroxylation is 1. The molecule has 0 atom stereocenters. The van der Waals surface area contributed by atoms with Crippen molar-refractivity contribution in [3.05, 3.63) is 59.7 Å². The van der Waals surface area contributed by atoms with Gasteiger partial charge in [-0.1, -0.05) is 42.0 Å². The minimum atomic E-state index is -0.181. The first kappa shape index (κ1) is 18.7. The molecule has 0 radical (unpaired) electrons. The van der Waals surface area contributed by atoms with E-state index in [9.17, 15) is 9.59 Å². The van der Waals surface area contributed by atoms with Gasteiger partial charge in [0, 0.05) is 30.6 Å². The molecule has 0 spiro atoms. The molecule has 2 aromatic carbocycles. The maximum Gasteiger partial charge on any atom is 0.253 e. The summed E-state index contributed by atoms with van der Waals surface area (Å²) in [4.78, 5) is 28.3. The molecule has 5 nitrogen and oxygen atoms in total. The van der Waals surface area contributed by atoms with Crippen LogP contribution in [0.5, 0.6) is 0 Å². The Morgan fingerprint density at radius 1 is 0.893 bits per heavy atom. The van der Waals surface area contributed by atoms with Crippen molar-refractivity contribution in [2.45, 2.75) is 25.8 Å². The summed E-state index contributed by atoms with van der Waals surface area (Å²) in [7, 11) is 0. The highest BCUT2D eigenvalue weighted by Gasteiger charge is 2.37. The van der Waals surface area contributed by atoms with E-state index in [0.29, 0.717) is 6.04 Å². The molecule has 146 valence electrons. The third-order valence-corrected chi connectivity index (χ3v) is 6.11. The number of carbonyl (C=O) groups is 2. The van der Waals surface area contributed by atoms with Gasteiger partial charge in [0.25, 0.3) is 5.91 Å². The first-order valence-electron chi connectivity index (χ1n) is 10.0. The minimum absolute atomic E-state index is 0.0149. The van der Waals surface area contributed by atoms with Gasteiger partial charge >= 0.3 is 0 Å². The van der Waals surface area contributed by atoms with E-state index in [1.54, 1.807) is 0 Å². The van der Waals surface area contributed by atoms with Crippen molar-refractivity contribution in [3.8, 4) is 11.1 Å². The number of hydrogen-bond donors (Lipinski definition) is 1. The van der Waals surface area contributed by atoms with Crippen LogP contribution in [0.2, 0.25) is 0 Å². The molecule has 2 amide bonds. The number of benzene rings is 2. The Bertz CT molecular complexity index is 846. The van der Waals surface area contributed by atoms with E-state index in [-0.39, 0.29) is 17.7 Å². The monoisotopic (exact) mass is 377 g/mol. The third-order valence-electron chi connectivity index (χ3n) is 6.11. The summed E-state index contributed by atoms with van der Waals surface area (Å²) < 4.78 is 0. The van der Waals surface area contributed by atoms with Crippen molar-refractivity contribution in [1.82, 2.24) is 9.80 Å². The van der Waals surface area contributed by atoms with Crippen LogP contribution in [0.25, 0.3) is 11.1 Å². The fourth-order valence-corrected chi connectivity index (χ4v) is 4.14. The van der Waals surface area contributed by atoms with Crippen LogP contribution >= 0.6 is 0 Å². The molecule has 2 aliphatic rings. The zero-order chi connectivity index (χ0) is 19.7. The lowest BCUT2D eigenvalue weighted by Crippen LogP contribution is -2.62. The fraction of sp³-hybridized carbons (Fsp3) is 0.391. The van der Waals surface area contributed by atoms with Crippen LogP contribution in [0.4, 0.5) is 0 Å². The molecule has 2 heterocycles. The minimum Gasteiger partial charge on any atom is -0.369 e. The van der Waals surface area contributed by atoms with Gasteiger partial charge in [-0.05, 0) is 56.1 Å². The second-order valence-corrected chi connectivity index (χ2v) is 8.02. The van der Waals surface area contributed by atoms with Crippen LogP contribution in [0, 0.1) is 12.8 Å². The Morgan fingerprint density at radius 3 is 1.96 bits per heavy atom. The highest BCUT2D eigenvalue weighted by molar-refractivity contribution is 5.95. The summed E-state index contributed by atoms with van der Waals surface area (Å²) in [6.07, 6.45) is 1.67. The predicted molar refractivity (Wildman–Crippen MR) is 110 cm³/mol. The zero-order valence-corrected chi connectivity index (χ0v) is 16.3. The normalized spacial score (nSPS) is 18.7. The SMILES string of the molecule is Cc1ccc(-c2ccc(C(=O)N3CC(N4CCC(C(N)=O)CC4)C3)cc2)cc1. The Hall–Kier alpha value is -2.66. The van der Waals surface area contributed by atoms with Gasteiger partial charge in [-0.2, -0.15) is 0 Å². The van der Waals surface area contributed by atoms with Crippen molar-refractivity contribution >= 4 is 11.8 Å². The molecule has 2 N–H and O–H groups in total. The number of piperidine rings is 1. The maximum absolute atomic E-state index is 12.7. The van der Waals surface area contributed by atoms with Crippen molar-refractivity contribution in [2.75, 3.05) is 26.2 Å². The van der Waals surface area contributed by atoms with Crippen molar-refractivity contribution in [3.63, 3.8) is 0 Å². The smallest absolute Gasteiger partial charge is 0.253 e. The molecular formula is C23H27N3O2. The summed E-state index contributed by atoms with van der Waals surface area (Å²) in [5.41, 5.74) is 9.66. The van der Waals surface area contributed by atoms with E-state index in [2.05, 4.69) is 36.1 Å². The summed E-state index contributed by atoms with van der Waals surface area (Å²) >= 11 is 0. The molecular weight excluding hydrogens is 350 g/mol. The lowest BCUT2D eigenvalue weighted by molar-refractivity contribution is -0.123. The molecule has 0 aliphatic carbocycles. The van der Waals surface area contributed by atoms with Gasteiger partial charge in [-0.3, -0.25) is 14.5 Å². The van der Waals surface area contributed by atoms with E-state index in [1.165, 1.54) is 5.56 Å². The van der Waals surface area contributed by atoms with E-state index < -0.39 is 0 Å². The van der Waals surface area contributed by atoms with Crippen molar-refractivity contribution < 1.29 is 9.59 Å². The van der Waals surface area contributed by atoms with Gasteiger partial charge < -0.3 is 10.6 Å².